The van der Waals surface area contributed by atoms with Crippen molar-refractivity contribution in [2.45, 2.75) is 26.8 Å². The fourth-order valence-electron chi connectivity index (χ4n) is 1.18. The van der Waals surface area contributed by atoms with E-state index >= 15 is 0 Å². The van der Waals surface area contributed by atoms with Gasteiger partial charge in [0.05, 0.1) is 0 Å². The summed E-state index contributed by atoms with van der Waals surface area (Å²) in [5, 5.41) is 2.89. The number of aromatic amines is 1. The van der Waals surface area contributed by atoms with Gasteiger partial charge in [0.25, 0.3) is 5.56 Å². The monoisotopic (exact) mass is 182 g/mol. The molecule has 0 saturated heterocycles. The van der Waals surface area contributed by atoms with E-state index in [0.717, 1.165) is 6.29 Å². The molecule has 1 rings (SSSR count). The molecule has 0 aliphatic heterocycles. The van der Waals surface area contributed by atoms with Crippen molar-refractivity contribution in [2.24, 2.45) is 5.92 Å². The minimum absolute atomic E-state index is 0.0643. The summed E-state index contributed by atoms with van der Waals surface area (Å²) in [7, 11) is 0. The normalized spacial score (nSPS) is 10.7. The first kappa shape index (κ1) is 9.77. The lowest BCUT2D eigenvalue weighted by Gasteiger charge is -2.03. The number of rotatable bonds is 4. The van der Waals surface area contributed by atoms with E-state index < -0.39 is 0 Å². The summed E-state index contributed by atoms with van der Waals surface area (Å²) in [6, 6.07) is 1.47. The molecule has 0 radical (unpaired) electrons. The Morgan fingerprint density at radius 3 is 2.85 bits per heavy atom. The largest absolute Gasteiger partial charge is 0.303 e. The molecule has 0 amide bonds. The standard InChI is InChI=1S/C9H14N2O2/c1-7(2)6-11-9(13)5-8(10-11)3-4-12/h4-5,7,10H,3,6H2,1-2H3. The Labute approximate surface area is 76.6 Å². The number of carbonyl (C=O) groups is 1. The molecule has 0 aliphatic carbocycles. The van der Waals surface area contributed by atoms with Crippen LogP contribution in [0.4, 0.5) is 0 Å². The molecule has 4 nitrogen and oxygen atoms in total. The van der Waals surface area contributed by atoms with Crippen LogP contribution >= 0.6 is 0 Å². The topological polar surface area (TPSA) is 54.9 Å². The van der Waals surface area contributed by atoms with Crippen molar-refractivity contribution in [3.8, 4) is 0 Å². The van der Waals surface area contributed by atoms with Crippen LogP contribution in [-0.4, -0.2) is 16.1 Å². The zero-order valence-electron chi connectivity index (χ0n) is 7.91. The number of aromatic nitrogens is 2. The van der Waals surface area contributed by atoms with Gasteiger partial charge < -0.3 is 4.79 Å². The van der Waals surface area contributed by atoms with Crippen LogP contribution in [0.3, 0.4) is 0 Å². The van der Waals surface area contributed by atoms with Crippen molar-refractivity contribution in [3.05, 3.63) is 22.1 Å². The van der Waals surface area contributed by atoms with E-state index in [2.05, 4.69) is 5.10 Å². The molecule has 1 aromatic heterocycles. The van der Waals surface area contributed by atoms with Gasteiger partial charge in [-0.1, -0.05) is 13.8 Å². The van der Waals surface area contributed by atoms with E-state index in [1.165, 1.54) is 10.7 Å². The third kappa shape index (κ3) is 2.57. The van der Waals surface area contributed by atoms with Gasteiger partial charge in [0.2, 0.25) is 0 Å². The van der Waals surface area contributed by atoms with E-state index in [9.17, 15) is 9.59 Å². The molecular formula is C9H14N2O2. The quantitative estimate of drug-likeness (QED) is 0.692. The van der Waals surface area contributed by atoms with Gasteiger partial charge in [0.15, 0.2) is 0 Å². The molecule has 0 atom stereocenters. The Hall–Kier alpha value is -1.32. The number of hydrogen-bond acceptors (Lipinski definition) is 2. The minimum atomic E-state index is -0.0643. The lowest BCUT2D eigenvalue weighted by molar-refractivity contribution is -0.107. The van der Waals surface area contributed by atoms with Crippen LogP contribution in [0.25, 0.3) is 0 Å². The van der Waals surface area contributed by atoms with Gasteiger partial charge in [-0.15, -0.1) is 0 Å². The average Bonchev–Trinajstić information content (AvgIpc) is 2.31. The van der Waals surface area contributed by atoms with E-state index in [1.807, 2.05) is 13.8 Å². The van der Waals surface area contributed by atoms with Crippen molar-refractivity contribution in [3.63, 3.8) is 0 Å². The highest BCUT2D eigenvalue weighted by molar-refractivity contribution is 5.53. The number of carbonyl (C=O) groups excluding carboxylic acids is 1. The molecule has 0 aromatic carbocycles. The molecule has 4 heteroatoms. The van der Waals surface area contributed by atoms with Gasteiger partial charge in [0, 0.05) is 24.7 Å². The summed E-state index contributed by atoms with van der Waals surface area (Å²) in [5.74, 6) is 0.417. The molecule has 0 fully saturated rings. The third-order valence-electron chi connectivity index (χ3n) is 1.69. The van der Waals surface area contributed by atoms with Gasteiger partial charge in [0.1, 0.15) is 6.29 Å². The summed E-state index contributed by atoms with van der Waals surface area (Å²) in [6.07, 6.45) is 1.06. The lowest BCUT2D eigenvalue weighted by Crippen LogP contribution is -2.18. The number of aldehydes is 1. The van der Waals surface area contributed by atoms with Gasteiger partial charge in [-0.3, -0.25) is 14.6 Å². The molecule has 0 aliphatic rings. The van der Waals surface area contributed by atoms with Crippen LogP contribution in [0.2, 0.25) is 0 Å². The lowest BCUT2D eigenvalue weighted by atomic mass is 10.2. The van der Waals surface area contributed by atoms with Gasteiger partial charge in [-0.25, -0.2) is 0 Å². The predicted octanol–water partition coefficient (Wildman–Crippen LogP) is 0.574. The van der Waals surface area contributed by atoms with Crippen molar-refractivity contribution < 1.29 is 4.79 Å². The van der Waals surface area contributed by atoms with Crippen LogP contribution < -0.4 is 5.56 Å². The number of nitrogens with one attached hydrogen (secondary N) is 1. The second kappa shape index (κ2) is 4.07. The SMILES string of the molecule is CC(C)Cn1[nH]c(CC=O)cc1=O. The Kier molecular flexibility index (Phi) is 3.06. The maximum Gasteiger partial charge on any atom is 0.266 e. The summed E-state index contributed by atoms with van der Waals surface area (Å²) >= 11 is 0. The van der Waals surface area contributed by atoms with E-state index in [4.69, 9.17) is 0 Å². The molecule has 0 bridgehead atoms. The van der Waals surface area contributed by atoms with Crippen LogP contribution in [0.15, 0.2) is 10.9 Å². The molecular weight excluding hydrogens is 168 g/mol. The van der Waals surface area contributed by atoms with Crippen LogP contribution in [0, 0.1) is 5.92 Å². The highest BCUT2D eigenvalue weighted by atomic mass is 16.1. The highest BCUT2D eigenvalue weighted by Crippen LogP contribution is 1.96. The van der Waals surface area contributed by atoms with E-state index in [-0.39, 0.29) is 12.0 Å². The Bertz CT molecular complexity index is 336. The summed E-state index contributed by atoms with van der Waals surface area (Å²) in [5.41, 5.74) is 0.617. The second-order valence-corrected chi connectivity index (χ2v) is 3.49. The molecule has 0 spiro atoms. The number of H-pyrrole nitrogens is 1. The fourth-order valence-corrected chi connectivity index (χ4v) is 1.18. The van der Waals surface area contributed by atoms with Gasteiger partial charge in [-0.05, 0) is 5.92 Å². The zero-order chi connectivity index (χ0) is 9.84. The molecule has 13 heavy (non-hydrogen) atoms. The summed E-state index contributed by atoms with van der Waals surface area (Å²) in [4.78, 5) is 21.5. The average molecular weight is 182 g/mol. The predicted molar refractivity (Wildman–Crippen MR) is 49.7 cm³/mol. The Morgan fingerprint density at radius 1 is 1.62 bits per heavy atom. The fraction of sp³-hybridized carbons (Fsp3) is 0.556. The Morgan fingerprint density at radius 2 is 2.31 bits per heavy atom. The van der Waals surface area contributed by atoms with Crippen LogP contribution in [0.5, 0.6) is 0 Å². The maximum atomic E-state index is 11.3. The molecule has 72 valence electrons. The van der Waals surface area contributed by atoms with Crippen molar-refractivity contribution in [1.82, 2.24) is 9.78 Å². The number of hydrogen-bond donors (Lipinski definition) is 1. The zero-order valence-corrected chi connectivity index (χ0v) is 7.91. The Balaban J connectivity index is 2.83. The van der Waals surface area contributed by atoms with Gasteiger partial charge in [-0.2, -0.15) is 0 Å². The molecule has 0 unspecified atom stereocenters. The summed E-state index contributed by atoms with van der Waals surface area (Å²) in [6.45, 7) is 4.73. The van der Waals surface area contributed by atoms with Crippen molar-refractivity contribution >= 4 is 6.29 Å². The molecule has 1 N–H and O–H groups in total. The first-order valence-electron chi connectivity index (χ1n) is 4.36. The van der Waals surface area contributed by atoms with Crippen molar-refractivity contribution in [2.75, 3.05) is 0 Å². The van der Waals surface area contributed by atoms with E-state index in [0.29, 0.717) is 18.2 Å². The second-order valence-electron chi connectivity index (χ2n) is 3.49. The molecule has 1 heterocycles. The first-order valence-corrected chi connectivity index (χ1v) is 4.36. The van der Waals surface area contributed by atoms with Crippen LogP contribution in [0.1, 0.15) is 19.5 Å². The minimum Gasteiger partial charge on any atom is -0.303 e. The smallest absolute Gasteiger partial charge is 0.266 e. The van der Waals surface area contributed by atoms with E-state index in [1.54, 1.807) is 0 Å². The maximum absolute atomic E-state index is 11.3. The highest BCUT2D eigenvalue weighted by Gasteiger charge is 2.03. The molecule has 0 saturated carbocycles. The van der Waals surface area contributed by atoms with Crippen molar-refractivity contribution in [1.29, 1.82) is 0 Å². The number of nitrogens with zero attached hydrogens (tertiary/aromatic N) is 1. The van der Waals surface area contributed by atoms with Gasteiger partial charge >= 0.3 is 0 Å². The summed E-state index contributed by atoms with van der Waals surface area (Å²) < 4.78 is 1.53. The third-order valence-corrected chi connectivity index (χ3v) is 1.69. The van der Waals surface area contributed by atoms with Crippen LogP contribution in [-0.2, 0) is 17.8 Å². The first-order chi connectivity index (χ1) is 6.13. The molecule has 1 aromatic rings.